The number of halogens is 1. The lowest BCUT2D eigenvalue weighted by atomic mass is 10.1. The van der Waals surface area contributed by atoms with Crippen LogP contribution < -0.4 is 10.2 Å². The number of amides is 1. The Labute approximate surface area is 179 Å². The lowest BCUT2D eigenvalue weighted by Gasteiger charge is -2.20. The van der Waals surface area contributed by atoms with Crippen LogP contribution in [0, 0.1) is 11.7 Å². The molecule has 1 aromatic heterocycles. The molecule has 0 saturated carbocycles. The molecule has 1 fully saturated rings. The first-order valence-corrected chi connectivity index (χ1v) is 10.8. The van der Waals surface area contributed by atoms with E-state index in [1.165, 1.54) is 24.6 Å². The summed E-state index contributed by atoms with van der Waals surface area (Å²) in [6.07, 6.45) is 4.34. The minimum atomic E-state index is -0.296. The van der Waals surface area contributed by atoms with Gasteiger partial charge in [0.1, 0.15) is 5.82 Å². The average molecular weight is 425 g/mol. The van der Waals surface area contributed by atoms with Crippen LogP contribution in [0.5, 0.6) is 0 Å². The zero-order valence-corrected chi connectivity index (χ0v) is 18.0. The molecule has 0 aliphatic carbocycles. The smallest absolute Gasteiger partial charge is 0.248 e. The predicted octanol–water partition coefficient (Wildman–Crippen LogP) is 4.48. The van der Waals surface area contributed by atoms with Crippen molar-refractivity contribution in [1.82, 2.24) is 9.88 Å². The molecule has 1 unspecified atom stereocenters. The molecule has 0 radical (unpaired) electrons. The molecule has 5 nitrogen and oxygen atoms in total. The van der Waals surface area contributed by atoms with E-state index in [4.69, 9.17) is 4.98 Å². The van der Waals surface area contributed by atoms with Gasteiger partial charge in [0.05, 0.1) is 10.2 Å². The minimum absolute atomic E-state index is 0.231. The van der Waals surface area contributed by atoms with Crippen LogP contribution in [0.25, 0.3) is 16.3 Å². The molecule has 1 saturated heterocycles. The summed E-state index contributed by atoms with van der Waals surface area (Å²) in [5.41, 5.74) is 2.43. The zero-order valence-electron chi connectivity index (χ0n) is 17.1. The van der Waals surface area contributed by atoms with E-state index in [0.717, 1.165) is 46.2 Å². The van der Waals surface area contributed by atoms with Gasteiger partial charge in [-0.05, 0) is 67.9 Å². The van der Waals surface area contributed by atoms with Crippen molar-refractivity contribution in [2.24, 2.45) is 5.92 Å². The molecule has 4 rings (SSSR count). The van der Waals surface area contributed by atoms with Gasteiger partial charge in [0.25, 0.3) is 0 Å². The molecular weight excluding hydrogens is 399 g/mol. The molecule has 1 amide bonds. The monoisotopic (exact) mass is 424 g/mol. The van der Waals surface area contributed by atoms with E-state index >= 15 is 0 Å². The first kappa shape index (κ1) is 20.5. The van der Waals surface area contributed by atoms with Gasteiger partial charge in [-0.1, -0.05) is 23.5 Å². The Kier molecular flexibility index (Phi) is 6.11. The summed E-state index contributed by atoms with van der Waals surface area (Å²) in [4.78, 5) is 21.6. The molecule has 2 aromatic carbocycles. The highest BCUT2D eigenvalue weighted by molar-refractivity contribution is 7.22. The molecule has 0 spiro atoms. The topological polar surface area (TPSA) is 48.5 Å². The Hall–Kier alpha value is -2.77. The van der Waals surface area contributed by atoms with Crippen molar-refractivity contribution in [3.05, 3.63) is 59.9 Å². The van der Waals surface area contributed by atoms with Crippen LogP contribution in [0.1, 0.15) is 12.0 Å². The summed E-state index contributed by atoms with van der Waals surface area (Å²) in [5.74, 6) is 0.149. The Morgan fingerprint density at radius 2 is 2.13 bits per heavy atom. The van der Waals surface area contributed by atoms with E-state index in [1.807, 2.05) is 18.2 Å². The molecule has 3 aromatic rings. The van der Waals surface area contributed by atoms with Crippen molar-refractivity contribution in [3.8, 4) is 0 Å². The lowest BCUT2D eigenvalue weighted by Crippen LogP contribution is -2.27. The Bertz CT molecular complexity index is 1060. The quantitative estimate of drug-likeness (QED) is 0.593. The highest BCUT2D eigenvalue weighted by Crippen LogP contribution is 2.31. The fourth-order valence-corrected chi connectivity index (χ4v) is 4.70. The maximum atomic E-state index is 13.0. The van der Waals surface area contributed by atoms with Gasteiger partial charge in [0, 0.05) is 31.9 Å². The molecule has 1 N–H and O–H groups in total. The summed E-state index contributed by atoms with van der Waals surface area (Å²) in [5, 5.41) is 3.88. The highest BCUT2D eigenvalue weighted by Gasteiger charge is 2.22. The highest BCUT2D eigenvalue weighted by atomic mass is 32.1. The van der Waals surface area contributed by atoms with Crippen LogP contribution in [0.3, 0.4) is 0 Å². The van der Waals surface area contributed by atoms with E-state index in [-0.39, 0.29) is 11.7 Å². The van der Waals surface area contributed by atoms with Crippen LogP contribution in [-0.2, 0) is 4.79 Å². The van der Waals surface area contributed by atoms with Gasteiger partial charge in [0.2, 0.25) is 5.91 Å². The van der Waals surface area contributed by atoms with Gasteiger partial charge >= 0.3 is 0 Å². The third kappa shape index (κ3) is 5.04. The minimum Gasteiger partial charge on any atom is -0.351 e. The number of anilines is 2. The predicted molar refractivity (Wildman–Crippen MR) is 123 cm³/mol. The van der Waals surface area contributed by atoms with E-state index in [9.17, 15) is 9.18 Å². The van der Waals surface area contributed by atoms with Crippen LogP contribution >= 0.6 is 11.3 Å². The SMILES string of the molecule is CN1CCC(CN(C)c2nc3ccc(NC(=O)C=Cc4ccc(F)cc4)cc3s2)C1. The molecule has 1 aliphatic rings. The van der Waals surface area contributed by atoms with Crippen LogP contribution in [0.15, 0.2) is 48.5 Å². The number of benzene rings is 2. The molecule has 1 atom stereocenters. The number of fused-ring (bicyclic) bond motifs is 1. The molecule has 30 heavy (non-hydrogen) atoms. The molecule has 7 heteroatoms. The number of aromatic nitrogens is 1. The maximum absolute atomic E-state index is 13.0. The average Bonchev–Trinajstić information content (AvgIpc) is 3.33. The summed E-state index contributed by atoms with van der Waals surface area (Å²) in [7, 11) is 4.27. The first-order valence-electron chi connectivity index (χ1n) is 10.0. The summed E-state index contributed by atoms with van der Waals surface area (Å²) < 4.78 is 14.0. The molecule has 1 aliphatic heterocycles. The van der Waals surface area contributed by atoms with Crippen molar-refractivity contribution in [3.63, 3.8) is 0 Å². The first-order chi connectivity index (χ1) is 14.5. The normalized spacial score (nSPS) is 17.1. The van der Waals surface area contributed by atoms with Gasteiger partial charge in [0.15, 0.2) is 5.13 Å². The Morgan fingerprint density at radius 1 is 1.33 bits per heavy atom. The molecule has 2 heterocycles. The van der Waals surface area contributed by atoms with E-state index in [0.29, 0.717) is 5.92 Å². The second kappa shape index (κ2) is 8.93. The number of nitrogens with one attached hydrogen (secondary N) is 1. The molecule has 156 valence electrons. The standard InChI is InChI=1S/C23H25FN4OS/c1-27-12-11-17(14-27)15-28(2)23-26-20-9-8-19(13-21(20)30-23)25-22(29)10-5-16-3-6-18(24)7-4-16/h3-10,13,17H,11-12,14-15H2,1-2H3,(H,25,29). The van der Waals surface area contributed by atoms with Crippen molar-refractivity contribution < 1.29 is 9.18 Å². The second-order valence-electron chi connectivity index (χ2n) is 7.85. The molecular formula is C23H25FN4OS. The summed E-state index contributed by atoms with van der Waals surface area (Å²) in [6, 6.07) is 11.8. The third-order valence-corrected chi connectivity index (χ3v) is 6.42. The van der Waals surface area contributed by atoms with Crippen molar-refractivity contribution >= 4 is 44.4 Å². The number of carbonyl (C=O) groups excluding carboxylic acids is 1. The third-order valence-electron chi connectivity index (χ3n) is 5.29. The fourth-order valence-electron chi connectivity index (χ4n) is 3.72. The van der Waals surface area contributed by atoms with Crippen LogP contribution in [0.2, 0.25) is 0 Å². The Morgan fingerprint density at radius 3 is 2.87 bits per heavy atom. The van der Waals surface area contributed by atoms with Gasteiger partial charge in [-0.3, -0.25) is 4.79 Å². The van der Waals surface area contributed by atoms with Gasteiger partial charge in [-0.15, -0.1) is 0 Å². The number of hydrogen-bond acceptors (Lipinski definition) is 5. The van der Waals surface area contributed by atoms with E-state index in [2.05, 4.69) is 29.2 Å². The van der Waals surface area contributed by atoms with E-state index < -0.39 is 0 Å². The number of thiazole rings is 1. The maximum Gasteiger partial charge on any atom is 0.248 e. The fraction of sp³-hybridized carbons (Fsp3) is 0.304. The number of likely N-dealkylation sites (tertiary alicyclic amines) is 1. The summed E-state index contributed by atoms with van der Waals surface area (Å²) >= 11 is 1.64. The number of hydrogen-bond donors (Lipinski definition) is 1. The van der Waals surface area contributed by atoms with Crippen molar-refractivity contribution in [2.45, 2.75) is 6.42 Å². The zero-order chi connectivity index (χ0) is 21.1. The van der Waals surface area contributed by atoms with Crippen molar-refractivity contribution in [1.29, 1.82) is 0 Å². The number of carbonyl (C=O) groups is 1. The van der Waals surface area contributed by atoms with Gasteiger partial charge in [-0.2, -0.15) is 0 Å². The lowest BCUT2D eigenvalue weighted by molar-refractivity contribution is -0.111. The van der Waals surface area contributed by atoms with Gasteiger partial charge < -0.3 is 15.1 Å². The van der Waals surface area contributed by atoms with Gasteiger partial charge in [-0.25, -0.2) is 9.37 Å². The summed E-state index contributed by atoms with van der Waals surface area (Å²) in [6.45, 7) is 3.30. The second-order valence-corrected chi connectivity index (χ2v) is 8.86. The largest absolute Gasteiger partial charge is 0.351 e. The number of nitrogens with zero attached hydrogens (tertiary/aromatic N) is 3. The Balaban J connectivity index is 1.40. The van der Waals surface area contributed by atoms with Crippen LogP contribution in [-0.4, -0.2) is 49.5 Å². The van der Waals surface area contributed by atoms with Crippen LogP contribution in [0.4, 0.5) is 15.2 Å². The molecule has 0 bridgehead atoms. The van der Waals surface area contributed by atoms with E-state index in [1.54, 1.807) is 29.5 Å². The number of rotatable bonds is 6. The van der Waals surface area contributed by atoms with Crippen molar-refractivity contribution in [2.75, 3.05) is 43.9 Å².